The van der Waals surface area contributed by atoms with E-state index in [1.807, 2.05) is 14.1 Å². The van der Waals surface area contributed by atoms with Gasteiger partial charge in [-0.15, -0.1) is 0 Å². The van der Waals surface area contributed by atoms with E-state index in [2.05, 4.69) is 25.0 Å². The second kappa shape index (κ2) is 6.15. The predicted molar refractivity (Wildman–Crippen MR) is 84.3 cm³/mol. The van der Waals surface area contributed by atoms with E-state index in [0.29, 0.717) is 12.5 Å². The lowest BCUT2D eigenvalue weighted by Gasteiger charge is -2.21. The number of nitrogens with zero attached hydrogens (tertiary/aromatic N) is 8. The smallest absolute Gasteiger partial charge is 0.355 e. The number of aromatic nitrogens is 6. The van der Waals surface area contributed by atoms with E-state index in [0.717, 1.165) is 18.0 Å². The molecule has 132 valence electrons. The quantitative estimate of drug-likeness (QED) is 0.706. The van der Waals surface area contributed by atoms with Crippen LogP contribution in [-0.4, -0.2) is 50.7 Å². The highest BCUT2D eigenvalue weighted by Gasteiger charge is 2.34. The molecular weight excluding hydrogens is 337 g/mol. The maximum Gasteiger partial charge on any atom is 0.433 e. The second-order valence-electron chi connectivity index (χ2n) is 5.61. The summed E-state index contributed by atoms with van der Waals surface area (Å²) < 4.78 is 40.4. The van der Waals surface area contributed by atoms with Crippen LogP contribution in [0.2, 0.25) is 0 Å². The number of halogens is 3. The molecule has 0 spiro atoms. The molecule has 0 radical (unpaired) electrons. The van der Waals surface area contributed by atoms with E-state index < -0.39 is 11.9 Å². The third kappa shape index (κ3) is 3.44. The normalized spacial score (nSPS) is 11.8. The van der Waals surface area contributed by atoms with Crippen LogP contribution in [-0.2, 0) is 12.7 Å². The van der Waals surface area contributed by atoms with Crippen molar-refractivity contribution in [1.82, 2.24) is 29.5 Å². The van der Waals surface area contributed by atoms with E-state index in [1.54, 1.807) is 29.2 Å². The van der Waals surface area contributed by atoms with Gasteiger partial charge in [0.15, 0.2) is 5.69 Å². The summed E-state index contributed by atoms with van der Waals surface area (Å²) in [6.07, 6.45) is -0.152. The molecule has 0 saturated heterocycles. The fraction of sp³-hybridized carbons (Fsp3) is 0.357. The van der Waals surface area contributed by atoms with E-state index in [4.69, 9.17) is 0 Å². The van der Waals surface area contributed by atoms with Gasteiger partial charge in [-0.2, -0.15) is 27.8 Å². The fourth-order valence-corrected chi connectivity index (χ4v) is 2.23. The molecule has 3 heterocycles. The van der Waals surface area contributed by atoms with Crippen molar-refractivity contribution in [2.75, 3.05) is 30.9 Å². The molecule has 0 atom stereocenters. The number of rotatable bonds is 4. The SMILES string of the molecule is CN(C)c1ncc(CN(C)c2cc(C(F)(F)F)nc3ncnn23)cn1. The minimum atomic E-state index is -4.57. The molecule has 0 aromatic carbocycles. The van der Waals surface area contributed by atoms with Crippen molar-refractivity contribution in [2.24, 2.45) is 0 Å². The summed E-state index contributed by atoms with van der Waals surface area (Å²) in [6, 6.07) is 0.941. The lowest BCUT2D eigenvalue weighted by molar-refractivity contribution is -0.141. The molecule has 0 fully saturated rings. The van der Waals surface area contributed by atoms with Crippen LogP contribution < -0.4 is 9.80 Å². The van der Waals surface area contributed by atoms with Gasteiger partial charge in [0.25, 0.3) is 5.78 Å². The zero-order valence-corrected chi connectivity index (χ0v) is 13.7. The Kier molecular flexibility index (Phi) is 4.15. The summed E-state index contributed by atoms with van der Waals surface area (Å²) in [5.41, 5.74) is -0.277. The van der Waals surface area contributed by atoms with E-state index >= 15 is 0 Å². The molecule has 0 N–H and O–H groups in total. The summed E-state index contributed by atoms with van der Waals surface area (Å²) >= 11 is 0. The molecule has 0 aliphatic carbocycles. The molecule has 0 aliphatic heterocycles. The third-order valence-corrected chi connectivity index (χ3v) is 3.43. The molecule has 3 rings (SSSR count). The lowest BCUT2D eigenvalue weighted by Crippen LogP contribution is -2.22. The predicted octanol–water partition coefficient (Wildman–Crippen LogP) is 1.64. The van der Waals surface area contributed by atoms with Crippen molar-refractivity contribution >= 4 is 17.5 Å². The van der Waals surface area contributed by atoms with Crippen molar-refractivity contribution in [3.63, 3.8) is 0 Å². The van der Waals surface area contributed by atoms with E-state index in [1.165, 1.54) is 4.52 Å². The molecular formula is C14H15F3N8. The first-order valence-electron chi connectivity index (χ1n) is 7.23. The first kappa shape index (κ1) is 16.9. The van der Waals surface area contributed by atoms with Crippen LogP contribution in [0.5, 0.6) is 0 Å². The van der Waals surface area contributed by atoms with Crippen molar-refractivity contribution in [3.8, 4) is 0 Å². The highest BCUT2D eigenvalue weighted by atomic mass is 19.4. The molecule has 8 nitrogen and oxygen atoms in total. The summed E-state index contributed by atoms with van der Waals surface area (Å²) in [5, 5.41) is 3.94. The maximum atomic E-state index is 13.0. The topological polar surface area (TPSA) is 75.3 Å². The number of anilines is 2. The highest BCUT2D eigenvalue weighted by Crippen LogP contribution is 2.30. The number of alkyl halides is 3. The minimum Gasteiger partial charge on any atom is -0.355 e. The van der Waals surface area contributed by atoms with Gasteiger partial charge in [0.1, 0.15) is 12.1 Å². The summed E-state index contributed by atoms with van der Waals surface area (Å²) in [4.78, 5) is 19.0. The van der Waals surface area contributed by atoms with Crippen LogP contribution in [0.1, 0.15) is 11.3 Å². The van der Waals surface area contributed by atoms with Crippen LogP contribution in [0.3, 0.4) is 0 Å². The molecule has 0 aliphatic rings. The van der Waals surface area contributed by atoms with Gasteiger partial charge < -0.3 is 9.80 Å². The van der Waals surface area contributed by atoms with Crippen LogP contribution >= 0.6 is 0 Å². The standard InChI is InChI=1S/C14H15F3N8/c1-23(2)12-18-5-9(6-19-12)7-24(3)11-4-10(14(15,16)17)22-13-20-8-21-25(11)13/h4-6,8H,7H2,1-3H3. The Bertz CT molecular complexity index is 872. The second-order valence-corrected chi connectivity index (χ2v) is 5.61. The first-order chi connectivity index (χ1) is 11.8. The van der Waals surface area contributed by atoms with Gasteiger partial charge in [-0.1, -0.05) is 0 Å². The first-order valence-corrected chi connectivity index (χ1v) is 7.23. The van der Waals surface area contributed by atoms with Gasteiger partial charge >= 0.3 is 6.18 Å². The molecule has 3 aromatic heterocycles. The summed E-state index contributed by atoms with van der Waals surface area (Å²) in [5.74, 6) is 0.649. The highest BCUT2D eigenvalue weighted by molar-refractivity contribution is 5.47. The largest absolute Gasteiger partial charge is 0.433 e. The number of hydrogen-bond donors (Lipinski definition) is 0. The van der Waals surface area contributed by atoms with Crippen molar-refractivity contribution in [3.05, 3.63) is 36.0 Å². The van der Waals surface area contributed by atoms with Crippen LogP contribution in [0.25, 0.3) is 5.78 Å². The number of hydrogen-bond acceptors (Lipinski definition) is 7. The Hall–Kier alpha value is -2.98. The maximum absolute atomic E-state index is 13.0. The Labute approximate surface area is 141 Å². The van der Waals surface area contributed by atoms with Gasteiger partial charge in [-0.25, -0.2) is 15.0 Å². The molecule has 11 heteroatoms. The Morgan fingerprint density at radius 1 is 1.08 bits per heavy atom. The van der Waals surface area contributed by atoms with Gasteiger partial charge in [0, 0.05) is 51.7 Å². The summed E-state index contributed by atoms with van der Waals surface area (Å²) in [7, 11) is 5.28. The van der Waals surface area contributed by atoms with Gasteiger partial charge in [0.2, 0.25) is 5.95 Å². The molecule has 25 heavy (non-hydrogen) atoms. The van der Waals surface area contributed by atoms with Crippen LogP contribution in [0.4, 0.5) is 24.9 Å². The van der Waals surface area contributed by atoms with Crippen LogP contribution in [0.15, 0.2) is 24.8 Å². The fourth-order valence-electron chi connectivity index (χ4n) is 2.23. The Morgan fingerprint density at radius 2 is 1.76 bits per heavy atom. The molecule has 0 saturated carbocycles. The minimum absolute atomic E-state index is 0.115. The van der Waals surface area contributed by atoms with E-state index in [-0.39, 0.29) is 11.6 Å². The molecule has 0 amide bonds. The van der Waals surface area contributed by atoms with Crippen molar-refractivity contribution in [1.29, 1.82) is 0 Å². The number of fused-ring (bicyclic) bond motifs is 1. The third-order valence-electron chi connectivity index (χ3n) is 3.43. The van der Waals surface area contributed by atoms with Crippen molar-refractivity contribution < 1.29 is 13.2 Å². The zero-order chi connectivity index (χ0) is 18.2. The molecule has 0 bridgehead atoms. The van der Waals surface area contributed by atoms with Gasteiger partial charge in [-0.3, -0.25) is 0 Å². The van der Waals surface area contributed by atoms with Gasteiger partial charge in [-0.05, 0) is 0 Å². The summed E-state index contributed by atoms with van der Waals surface area (Å²) in [6.45, 7) is 0.296. The van der Waals surface area contributed by atoms with Crippen molar-refractivity contribution in [2.45, 2.75) is 12.7 Å². The Balaban J connectivity index is 1.93. The lowest BCUT2D eigenvalue weighted by atomic mass is 10.3. The average Bonchev–Trinajstić information content (AvgIpc) is 3.02. The zero-order valence-electron chi connectivity index (χ0n) is 13.7. The Morgan fingerprint density at radius 3 is 2.36 bits per heavy atom. The molecule has 3 aromatic rings. The van der Waals surface area contributed by atoms with Crippen LogP contribution in [0, 0.1) is 0 Å². The monoisotopic (exact) mass is 352 g/mol. The molecule has 0 unspecified atom stereocenters. The van der Waals surface area contributed by atoms with E-state index in [9.17, 15) is 13.2 Å². The van der Waals surface area contributed by atoms with Gasteiger partial charge in [0.05, 0.1) is 0 Å². The average molecular weight is 352 g/mol.